The highest BCUT2D eigenvalue weighted by Crippen LogP contribution is 2.45. The molecule has 0 saturated heterocycles. The molecule has 1 N–H and O–H groups in total. The number of aryl methyl sites for hydroxylation is 1. The highest BCUT2D eigenvalue weighted by Gasteiger charge is 2.33. The van der Waals surface area contributed by atoms with Crippen LogP contribution in [0.3, 0.4) is 0 Å². The van der Waals surface area contributed by atoms with Gasteiger partial charge in [-0.1, -0.05) is 36.4 Å². The number of allylic oxidation sites excluding steroid dienone is 1. The van der Waals surface area contributed by atoms with Crippen molar-refractivity contribution in [2.24, 2.45) is 0 Å². The number of hydrogen-bond acceptors (Lipinski definition) is 3. The van der Waals surface area contributed by atoms with E-state index < -0.39 is 0 Å². The molecule has 1 unspecified atom stereocenters. The first-order chi connectivity index (χ1) is 11.3. The third-order valence-corrected chi connectivity index (χ3v) is 4.75. The van der Waals surface area contributed by atoms with Gasteiger partial charge in [-0.2, -0.15) is 0 Å². The highest BCUT2D eigenvalue weighted by molar-refractivity contribution is 5.87. The number of nitrogens with one attached hydrogen (secondary N) is 1. The molecule has 1 aliphatic heterocycles. The van der Waals surface area contributed by atoms with Crippen molar-refractivity contribution in [2.45, 2.75) is 25.2 Å². The van der Waals surface area contributed by atoms with Gasteiger partial charge in [0.1, 0.15) is 11.5 Å². The van der Waals surface area contributed by atoms with Crippen molar-refractivity contribution < 1.29 is 9.47 Å². The van der Waals surface area contributed by atoms with E-state index in [-0.39, 0.29) is 5.92 Å². The van der Waals surface area contributed by atoms with Crippen LogP contribution in [0.15, 0.2) is 54.1 Å². The van der Waals surface area contributed by atoms with Gasteiger partial charge in [-0.15, -0.1) is 0 Å². The molecule has 116 valence electrons. The predicted octanol–water partition coefficient (Wildman–Crippen LogP) is 4.53. The normalized spacial score (nSPS) is 19.7. The summed E-state index contributed by atoms with van der Waals surface area (Å²) in [6.07, 6.45) is 2.64. The Labute approximate surface area is 136 Å². The lowest BCUT2D eigenvalue weighted by Gasteiger charge is -2.33. The lowest BCUT2D eigenvalue weighted by Crippen LogP contribution is -2.23. The van der Waals surface area contributed by atoms with Crippen LogP contribution in [0.5, 0.6) is 5.75 Å². The monoisotopic (exact) mass is 305 g/mol. The molecule has 0 bridgehead atoms. The third-order valence-electron chi connectivity index (χ3n) is 4.75. The van der Waals surface area contributed by atoms with E-state index in [0.29, 0.717) is 12.3 Å². The minimum Gasteiger partial charge on any atom is -0.497 e. The van der Waals surface area contributed by atoms with Gasteiger partial charge in [-0.3, -0.25) is 5.41 Å². The van der Waals surface area contributed by atoms with Crippen molar-refractivity contribution in [3.63, 3.8) is 0 Å². The molecule has 2 aliphatic rings. The summed E-state index contributed by atoms with van der Waals surface area (Å²) in [5.41, 5.74) is 4.97. The summed E-state index contributed by atoms with van der Waals surface area (Å²) in [6, 6.07) is 16.5. The quantitative estimate of drug-likeness (QED) is 0.885. The SMILES string of the molecule is COc1cccc(C2CC(=N)OC3=C2CCc2ccccc23)c1. The van der Waals surface area contributed by atoms with Crippen LogP contribution in [-0.4, -0.2) is 13.0 Å². The number of ether oxygens (including phenoxy) is 2. The number of benzene rings is 2. The van der Waals surface area contributed by atoms with Crippen molar-refractivity contribution in [1.82, 2.24) is 0 Å². The van der Waals surface area contributed by atoms with E-state index in [2.05, 4.69) is 30.3 Å². The Morgan fingerprint density at radius 1 is 1.09 bits per heavy atom. The fraction of sp³-hybridized carbons (Fsp3) is 0.250. The topological polar surface area (TPSA) is 42.3 Å². The molecule has 4 rings (SSSR count). The van der Waals surface area contributed by atoms with Gasteiger partial charge in [0.2, 0.25) is 0 Å². The molecule has 0 aromatic heterocycles. The van der Waals surface area contributed by atoms with Crippen LogP contribution in [0.25, 0.3) is 5.76 Å². The molecule has 2 aromatic rings. The molecule has 1 heterocycles. The maximum atomic E-state index is 8.14. The molecule has 23 heavy (non-hydrogen) atoms. The summed E-state index contributed by atoms with van der Waals surface area (Å²) in [5, 5.41) is 8.14. The van der Waals surface area contributed by atoms with Crippen molar-refractivity contribution in [1.29, 1.82) is 5.41 Å². The summed E-state index contributed by atoms with van der Waals surface area (Å²) in [7, 11) is 1.69. The van der Waals surface area contributed by atoms with Crippen LogP contribution in [0.1, 0.15) is 35.4 Å². The number of hydrogen-bond donors (Lipinski definition) is 1. The average Bonchev–Trinajstić information content (AvgIpc) is 2.61. The predicted molar refractivity (Wildman–Crippen MR) is 90.8 cm³/mol. The van der Waals surface area contributed by atoms with E-state index in [1.807, 2.05) is 18.2 Å². The van der Waals surface area contributed by atoms with Crippen molar-refractivity contribution in [3.8, 4) is 5.75 Å². The smallest absolute Gasteiger partial charge is 0.188 e. The standard InChI is InChI=1S/C20H19NO2/c1-22-15-7-4-6-14(11-15)18-12-19(21)23-20-16-8-3-2-5-13(16)9-10-17(18)20/h2-8,11,18,21H,9-10,12H2,1H3. The van der Waals surface area contributed by atoms with E-state index in [4.69, 9.17) is 14.9 Å². The van der Waals surface area contributed by atoms with Crippen LogP contribution in [0.4, 0.5) is 0 Å². The Bertz CT molecular complexity index is 807. The van der Waals surface area contributed by atoms with Crippen LogP contribution in [0, 0.1) is 5.41 Å². The van der Waals surface area contributed by atoms with Gasteiger partial charge in [0.25, 0.3) is 0 Å². The fourth-order valence-electron chi connectivity index (χ4n) is 3.62. The molecule has 0 amide bonds. The van der Waals surface area contributed by atoms with Crippen LogP contribution < -0.4 is 4.74 Å². The molecule has 3 nitrogen and oxygen atoms in total. The van der Waals surface area contributed by atoms with Crippen LogP contribution in [0.2, 0.25) is 0 Å². The third kappa shape index (κ3) is 2.42. The summed E-state index contributed by atoms with van der Waals surface area (Å²) < 4.78 is 11.2. The molecular formula is C20H19NO2. The largest absolute Gasteiger partial charge is 0.497 e. The van der Waals surface area contributed by atoms with Gasteiger partial charge < -0.3 is 9.47 Å². The van der Waals surface area contributed by atoms with Crippen molar-refractivity contribution in [3.05, 3.63) is 70.8 Å². The van der Waals surface area contributed by atoms with E-state index in [0.717, 1.165) is 29.9 Å². The molecule has 1 atom stereocenters. The Morgan fingerprint density at radius 3 is 2.83 bits per heavy atom. The Balaban J connectivity index is 1.83. The molecule has 2 aromatic carbocycles. The second kappa shape index (κ2) is 5.58. The van der Waals surface area contributed by atoms with E-state index in [1.54, 1.807) is 7.11 Å². The summed E-state index contributed by atoms with van der Waals surface area (Å²) in [4.78, 5) is 0. The van der Waals surface area contributed by atoms with Crippen molar-refractivity contribution in [2.75, 3.05) is 7.11 Å². The number of rotatable bonds is 2. The van der Waals surface area contributed by atoms with Gasteiger partial charge in [0.05, 0.1) is 7.11 Å². The van der Waals surface area contributed by atoms with E-state index in [9.17, 15) is 0 Å². The minimum absolute atomic E-state index is 0.203. The minimum atomic E-state index is 0.203. The molecule has 0 fully saturated rings. The van der Waals surface area contributed by atoms with Gasteiger partial charge in [0, 0.05) is 17.9 Å². The molecular weight excluding hydrogens is 286 g/mol. The van der Waals surface area contributed by atoms with E-state index >= 15 is 0 Å². The molecule has 1 aliphatic carbocycles. The van der Waals surface area contributed by atoms with Crippen LogP contribution >= 0.6 is 0 Å². The summed E-state index contributed by atoms with van der Waals surface area (Å²) >= 11 is 0. The Hall–Kier alpha value is -2.55. The first kappa shape index (κ1) is 14.1. The number of fused-ring (bicyclic) bond motifs is 2. The zero-order valence-corrected chi connectivity index (χ0v) is 13.1. The number of methoxy groups -OCH3 is 1. The molecule has 0 radical (unpaired) electrons. The highest BCUT2D eigenvalue weighted by atomic mass is 16.5. The maximum absolute atomic E-state index is 8.14. The summed E-state index contributed by atoms with van der Waals surface area (Å²) in [6.45, 7) is 0. The van der Waals surface area contributed by atoms with Gasteiger partial charge in [-0.25, -0.2) is 0 Å². The Morgan fingerprint density at radius 2 is 1.96 bits per heavy atom. The van der Waals surface area contributed by atoms with Gasteiger partial charge >= 0.3 is 0 Å². The van der Waals surface area contributed by atoms with E-state index in [1.165, 1.54) is 16.7 Å². The second-order valence-corrected chi connectivity index (χ2v) is 6.07. The Kier molecular flexibility index (Phi) is 3.41. The van der Waals surface area contributed by atoms with Gasteiger partial charge in [0.15, 0.2) is 5.90 Å². The zero-order chi connectivity index (χ0) is 15.8. The molecule has 0 spiro atoms. The summed E-state index contributed by atoms with van der Waals surface area (Å²) in [5.74, 6) is 2.30. The molecule has 0 saturated carbocycles. The van der Waals surface area contributed by atoms with Crippen LogP contribution in [-0.2, 0) is 11.2 Å². The lowest BCUT2D eigenvalue weighted by atomic mass is 9.78. The van der Waals surface area contributed by atoms with Crippen molar-refractivity contribution >= 4 is 11.7 Å². The lowest BCUT2D eigenvalue weighted by molar-refractivity contribution is 0.412. The first-order valence-corrected chi connectivity index (χ1v) is 7.97. The fourth-order valence-corrected chi connectivity index (χ4v) is 3.62. The maximum Gasteiger partial charge on any atom is 0.188 e. The van der Waals surface area contributed by atoms with Gasteiger partial charge in [-0.05, 0) is 41.7 Å². The second-order valence-electron chi connectivity index (χ2n) is 6.07. The average molecular weight is 305 g/mol. The molecule has 3 heteroatoms. The zero-order valence-electron chi connectivity index (χ0n) is 13.1. The first-order valence-electron chi connectivity index (χ1n) is 7.97.